The van der Waals surface area contributed by atoms with E-state index in [1.165, 1.54) is 12.1 Å². The molecule has 0 radical (unpaired) electrons. The highest BCUT2D eigenvalue weighted by atomic mass is 19.1. The SMILES string of the molecule is Fc1ccc(-c2ncc3cnccn23)c(F)c1. The van der Waals surface area contributed by atoms with Crippen molar-refractivity contribution in [3.63, 3.8) is 0 Å². The summed E-state index contributed by atoms with van der Waals surface area (Å²) >= 11 is 0. The maximum atomic E-state index is 13.6. The Balaban J connectivity index is 2.27. The van der Waals surface area contributed by atoms with Gasteiger partial charge in [-0.25, -0.2) is 13.8 Å². The molecule has 5 heteroatoms. The van der Waals surface area contributed by atoms with Crippen LogP contribution in [0.5, 0.6) is 0 Å². The van der Waals surface area contributed by atoms with Crippen LogP contribution in [0.3, 0.4) is 0 Å². The average molecular weight is 231 g/mol. The zero-order chi connectivity index (χ0) is 11.8. The number of halogens is 2. The molecule has 2 aromatic heterocycles. The van der Waals surface area contributed by atoms with E-state index in [2.05, 4.69) is 9.97 Å². The fraction of sp³-hybridized carbons (Fsp3) is 0. The minimum absolute atomic E-state index is 0.262. The number of hydrogen-bond acceptors (Lipinski definition) is 2. The van der Waals surface area contributed by atoms with E-state index in [-0.39, 0.29) is 5.56 Å². The topological polar surface area (TPSA) is 30.2 Å². The van der Waals surface area contributed by atoms with E-state index >= 15 is 0 Å². The van der Waals surface area contributed by atoms with Crippen LogP contribution < -0.4 is 0 Å². The monoisotopic (exact) mass is 231 g/mol. The highest BCUT2D eigenvalue weighted by Gasteiger charge is 2.11. The second-order valence-electron chi connectivity index (χ2n) is 3.58. The molecule has 2 heterocycles. The molecule has 0 amide bonds. The summed E-state index contributed by atoms with van der Waals surface area (Å²) in [6, 6.07) is 3.43. The van der Waals surface area contributed by atoms with E-state index in [1.54, 1.807) is 29.2 Å². The quantitative estimate of drug-likeness (QED) is 0.644. The van der Waals surface area contributed by atoms with Crippen molar-refractivity contribution in [2.24, 2.45) is 0 Å². The zero-order valence-corrected chi connectivity index (χ0v) is 8.64. The lowest BCUT2D eigenvalue weighted by Gasteiger charge is -2.02. The van der Waals surface area contributed by atoms with Gasteiger partial charge >= 0.3 is 0 Å². The second-order valence-corrected chi connectivity index (χ2v) is 3.58. The molecule has 0 saturated carbocycles. The molecule has 3 nitrogen and oxygen atoms in total. The Morgan fingerprint density at radius 1 is 1.12 bits per heavy atom. The molecule has 0 aliphatic heterocycles. The van der Waals surface area contributed by atoms with Crippen LogP contribution in [0.4, 0.5) is 8.78 Å². The Labute approximate surface area is 95.4 Å². The van der Waals surface area contributed by atoms with Gasteiger partial charge in [-0.15, -0.1) is 0 Å². The summed E-state index contributed by atoms with van der Waals surface area (Å²) in [7, 11) is 0. The molecule has 0 aliphatic carbocycles. The van der Waals surface area contributed by atoms with Crippen LogP contribution in [0.15, 0.2) is 43.0 Å². The minimum atomic E-state index is -0.630. The minimum Gasteiger partial charge on any atom is -0.297 e. The molecule has 0 aliphatic rings. The number of rotatable bonds is 1. The number of hydrogen-bond donors (Lipinski definition) is 0. The lowest BCUT2D eigenvalue weighted by Crippen LogP contribution is -1.93. The van der Waals surface area contributed by atoms with E-state index in [9.17, 15) is 8.78 Å². The molecular weight excluding hydrogens is 224 g/mol. The Hall–Kier alpha value is -2.30. The smallest absolute Gasteiger partial charge is 0.147 e. The van der Waals surface area contributed by atoms with Gasteiger partial charge in [-0.05, 0) is 12.1 Å². The molecule has 17 heavy (non-hydrogen) atoms. The van der Waals surface area contributed by atoms with Gasteiger partial charge in [-0.3, -0.25) is 9.38 Å². The Morgan fingerprint density at radius 2 is 2.00 bits per heavy atom. The predicted molar refractivity (Wildman–Crippen MR) is 58.3 cm³/mol. The van der Waals surface area contributed by atoms with Crippen molar-refractivity contribution in [1.82, 2.24) is 14.4 Å². The Morgan fingerprint density at radius 3 is 2.82 bits per heavy atom. The van der Waals surface area contributed by atoms with Gasteiger partial charge in [0, 0.05) is 18.5 Å². The molecule has 0 atom stereocenters. The van der Waals surface area contributed by atoms with E-state index in [0.29, 0.717) is 5.82 Å². The summed E-state index contributed by atoms with van der Waals surface area (Å²) in [5.41, 5.74) is 1.02. The molecule has 0 N–H and O–H groups in total. The first-order chi connectivity index (χ1) is 8.25. The summed E-state index contributed by atoms with van der Waals surface area (Å²) in [5.74, 6) is -0.803. The third kappa shape index (κ3) is 1.56. The van der Waals surface area contributed by atoms with Gasteiger partial charge in [0.05, 0.1) is 23.5 Å². The summed E-state index contributed by atoms with van der Waals surface area (Å²) in [6.45, 7) is 0. The van der Waals surface area contributed by atoms with Crippen LogP contribution in [0.25, 0.3) is 16.9 Å². The van der Waals surface area contributed by atoms with Gasteiger partial charge in [0.2, 0.25) is 0 Å². The normalized spacial score (nSPS) is 10.9. The van der Waals surface area contributed by atoms with Crippen LogP contribution >= 0.6 is 0 Å². The van der Waals surface area contributed by atoms with Crippen molar-refractivity contribution in [3.05, 3.63) is 54.6 Å². The second kappa shape index (κ2) is 3.62. The fourth-order valence-corrected chi connectivity index (χ4v) is 1.72. The van der Waals surface area contributed by atoms with E-state index < -0.39 is 11.6 Å². The standard InChI is InChI=1S/C12H7F2N3/c13-8-1-2-10(11(14)5-8)12-16-7-9-6-15-3-4-17(9)12/h1-7H. The largest absolute Gasteiger partial charge is 0.297 e. The van der Waals surface area contributed by atoms with Gasteiger partial charge in [0.1, 0.15) is 17.5 Å². The number of nitrogens with zero attached hydrogens (tertiary/aromatic N) is 3. The van der Waals surface area contributed by atoms with Crippen LogP contribution in [-0.2, 0) is 0 Å². The van der Waals surface area contributed by atoms with Gasteiger partial charge in [-0.1, -0.05) is 0 Å². The van der Waals surface area contributed by atoms with Gasteiger partial charge in [0.15, 0.2) is 0 Å². The lowest BCUT2D eigenvalue weighted by molar-refractivity contribution is 0.585. The molecule has 3 aromatic rings. The van der Waals surface area contributed by atoms with E-state index in [0.717, 1.165) is 11.6 Å². The first-order valence-electron chi connectivity index (χ1n) is 4.98. The third-order valence-electron chi connectivity index (χ3n) is 2.51. The zero-order valence-electron chi connectivity index (χ0n) is 8.64. The van der Waals surface area contributed by atoms with Gasteiger partial charge < -0.3 is 0 Å². The lowest BCUT2D eigenvalue weighted by atomic mass is 10.2. The summed E-state index contributed by atoms with van der Waals surface area (Å²) in [4.78, 5) is 8.06. The van der Waals surface area contributed by atoms with Crippen molar-refractivity contribution in [2.75, 3.05) is 0 Å². The van der Waals surface area contributed by atoms with Crippen molar-refractivity contribution in [2.45, 2.75) is 0 Å². The average Bonchev–Trinajstić information content (AvgIpc) is 2.73. The Bertz CT molecular complexity index is 691. The highest BCUT2D eigenvalue weighted by Crippen LogP contribution is 2.22. The molecule has 0 bridgehead atoms. The van der Waals surface area contributed by atoms with Crippen LogP contribution in [0.1, 0.15) is 0 Å². The number of aromatic nitrogens is 3. The summed E-state index contributed by atoms with van der Waals surface area (Å²) in [5, 5.41) is 0. The van der Waals surface area contributed by atoms with Crippen LogP contribution in [0.2, 0.25) is 0 Å². The molecule has 0 unspecified atom stereocenters. The third-order valence-corrected chi connectivity index (χ3v) is 2.51. The molecule has 3 rings (SSSR count). The van der Waals surface area contributed by atoms with Gasteiger partial charge in [-0.2, -0.15) is 0 Å². The number of imidazole rings is 1. The summed E-state index contributed by atoms with van der Waals surface area (Å²) in [6.07, 6.45) is 6.48. The predicted octanol–water partition coefficient (Wildman–Crippen LogP) is 2.67. The molecule has 1 aromatic carbocycles. The highest BCUT2D eigenvalue weighted by molar-refractivity contribution is 5.62. The van der Waals surface area contributed by atoms with Crippen LogP contribution in [0, 0.1) is 11.6 Å². The molecular formula is C12H7F2N3. The van der Waals surface area contributed by atoms with E-state index in [1.807, 2.05) is 0 Å². The number of fused-ring (bicyclic) bond motifs is 1. The van der Waals surface area contributed by atoms with Crippen LogP contribution in [-0.4, -0.2) is 14.4 Å². The van der Waals surface area contributed by atoms with Crippen molar-refractivity contribution < 1.29 is 8.78 Å². The molecule has 84 valence electrons. The number of benzene rings is 1. The summed E-state index contributed by atoms with van der Waals surface area (Å²) < 4.78 is 28.2. The molecule has 0 saturated heterocycles. The van der Waals surface area contributed by atoms with Crippen molar-refractivity contribution >= 4 is 5.52 Å². The maximum absolute atomic E-state index is 13.6. The van der Waals surface area contributed by atoms with Crippen molar-refractivity contribution in [3.8, 4) is 11.4 Å². The molecule has 0 fully saturated rings. The van der Waals surface area contributed by atoms with E-state index in [4.69, 9.17) is 0 Å². The van der Waals surface area contributed by atoms with Gasteiger partial charge in [0.25, 0.3) is 0 Å². The first-order valence-corrected chi connectivity index (χ1v) is 4.98. The Kier molecular flexibility index (Phi) is 2.11. The molecule has 0 spiro atoms. The maximum Gasteiger partial charge on any atom is 0.147 e. The van der Waals surface area contributed by atoms with Crippen molar-refractivity contribution in [1.29, 1.82) is 0 Å². The first kappa shape index (κ1) is 9.89. The fourth-order valence-electron chi connectivity index (χ4n) is 1.72.